The molecule has 1 heterocycles. The van der Waals surface area contributed by atoms with E-state index in [-0.39, 0.29) is 11.9 Å². The fourth-order valence-corrected chi connectivity index (χ4v) is 3.70. The number of carbonyl (C=O) groups excluding carboxylic acids is 2. The lowest BCUT2D eigenvalue weighted by Crippen LogP contribution is -2.37. The molecule has 1 saturated carbocycles. The Kier molecular flexibility index (Phi) is 5.51. The summed E-state index contributed by atoms with van der Waals surface area (Å²) in [4.78, 5) is 25.9. The number of nitrogens with zero attached hydrogens (tertiary/aromatic N) is 1. The quantitative estimate of drug-likeness (QED) is 0.842. The first-order valence-electron chi connectivity index (χ1n) is 8.87. The van der Waals surface area contributed by atoms with Crippen LogP contribution in [0.1, 0.15) is 48.0 Å². The Morgan fingerprint density at radius 2 is 1.88 bits per heavy atom. The van der Waals surface area contributed by atoms with Gasteiger partial charge in [-0.2, -0.15) is 0 Å². The molecule has 1 N–H and O–H groups in total. The Bertz CT molecular complexity index is 579. The van der Waals surface area contributed by atoms with Crippen molar-refractivity contribution in [2.45, 2.75) is 44.7 Å². The first-order valence-corrected chi connectivity index (χ1v) is 8.87. The third-order valence-electron chi connectivity index (χ3n) is 5.17. The molecular weight excluding hydrogens is 304 g/mol. The molecule has 1 aromatic carbocycles. The van der Waals surface area contributed by atoms with E-state index in [0.717, 1.165) is 44.5 Å². The van der Waals surface area contributed by atoms with Crippen LogP contribution in [0.5, 0.6) is 0 Å². The van der Waals surface area contributed by atoms with E-state index in [1.165, 1.54) is 20.0 Å². The number of hydrogen-bond donors (Lipinski definition) is 1. The van der Waals surface area contributed by atoms with Crippen molar-refractivity contribution in [3.8, 4) is 0 Å². The highest BCUT2D eigenvalue weighted by atomic mass is 16.5. The number of methoxy groups -OCH3 is 1. The number of ether oxygens (including phenoxy) is 1. The molecule has 0 aromatic heterocycles. The molecule has 3 rings (SSSR count). The molecule has 1 aliphatic carbocycles. The highest BCUT2D eigenvalue weighted by molar-refractivity contribution is 5.89. The van der Waals surface area contributed by atoms with Gasteiger partial charge in [-0.05, 0) is 37.0 Å². The van der Waals surface area contributed by atoms with Crippen molar-refractivity contribution in [3.63, 3.8) is 0 Å². The molecule has 2 aliphatic rings. The van der Waals surface area contributed by atoms with Gasteiger partial charge < -0.3 is 15.0 Å². The van der Waals surface area contributed by atoms with Crippen molar-refractivity contribution in [1.29, 1.82) is 0 Å². The maximum atomic E-state index is 12.5. The second-order valence-corrected chi connectivity index (χ2v) is 6.82. The van der Waals surface area contributed by atoms with E-state index in [2.05, 4.69) is 5.32 Å². The van der Waals surface area contributed by atoms with E-state index in [4.69, 9.17) is 4.74 Å². The molecule has 1 unspecified atom stereocenters. The van der Waals surface area contributed by atoms with Gasteiger partial charge in [-0.1, -0.05) is 25.0 Å². The van der Waals surface area contributed by atoms with Crippen molar-refractivity contribution in [1.82, 2.24) is 10.2 Å². The van der Waals surface area contributed by atoms with Crippen LogP contribution in [0.15, 0.2) is 24.3 Å². The normalized spacial score (nSPS) is 21.2. The fraction of sp³-hybridized carbons (Fsp3) is 0.579. The van der Waals surface area contributed by atoms with Gasteiger partial charge in [0.1, 0.15) is 0 Å². The first-order chi connectivity index (χ1) is 11.7. The molecule has 130 valence electrons. The number of benzene rings is 1. The van der Waals surface area contributed by atoms with Gasteiger partial charge in [-0.15, -0.1) is 0 Å². The zero-order chi connectivity index (χ0) is 16.9. The molecular formula is C19H26N2O3. The maximum absolute atomic E-state index is 12.5. The zero-order valence-electron chi connectivity index (χ0n) is 14.3. The van der Waals surface area contributed by atoms with Crippen LogP contribution in [0.3, 0.4) is 0 Å². The largest absolute Gasteiger partial charge is 0.465 e. The molecule has 5 nitrogen and oxygen atoms in total. The van der Waals surface area contributed by atoms with Crippen LogP contribution in [0.25, 0.3) is 0 Å². The van der Waals surface area contributed by atoms with Crippen molar-refractivity contribution < 1.29 is 14.3 Å². The van der Waals surface area contributed by atoms with Crippen LogP contribution in [0, 0.1) is 5.92 Å². The van der Waals surface area contributed by atoms with Crippen molar-refractivity contribution in [2.75, 3.05) is 20.2 Å². The van der Waals surface area contributed by atoms with Gasteiger partial charge in [0.15, 0.2) is 0 Å². The lowest BCUT2D eigenvalue weighted by molar-refractivity contribution is -0.134. The van der Waals surface area contributed by atoms with E-state index < -0.39 is 0 Å². The van der Waals surface area contributed by atoms with Crippen LogP contribution in [0.2, 0.25) is 0 Å². The van der Waals surface area contributed by atoms with E-state index >= 15 is 0 Å². The van der Waals surface area contributed by atoms with Crippen molar-refractivity contribution in [3.05, 3.63) is 35.4 Å². The molecule has 0 bridgehead atoms. The van der Waals surface area contributed by atoms with Crippen LogP contribution < -0.4 is 5.32 Å². The summed E-state index contributed by atoms with van der Waals surface area (Å²) in [7, 11) is 1.39. The molecule has 1 saturated heterocycles. The third kappa shape index (κ3) is 3.96. The lowest BCUT2D eigenvalue weighted by atomic mass is 10.1. The van der Waals surface area contributed by atoms with Gasteiger partial charge in [0.25, 0.3) is 0 Å². The molecule has 0 spiro atoms. The van der Waals surface area contributed by atoms with Crippen molar-refractivity contribution >= 4 is 11.9 Å². The van der Waals surface area contributed by atoms with Gasteiger partial charge in [-0.25, -0.2) is 4.79 Å². The zero-order valence-corrected chi connectivity index (χ0v) is 14.3. The number of hydrogen-bond acceptors (Lipinski definition) is 4. The second-order valence-electron chi connectivity index (χ2n) is 6.82. The summed E-state index contributed by atoms with van der Waals surface area (Å²) in [6.07, 6.45) is 5.56. The van der Waals surface area contributed by atoms with Gasteiger partial charge in [0.2, 0.25) is 5.91 Å². The van der Waals surface area contributed by atoms with E-state index in [0.29, 0.717) is 17.5 Å². The van der Waals surface area contributed by atoms with Gasteiger partial charge in [-0.3, -0.25) is 4.79 Å². The minimum atomic E-state index is -0.314. The lowest BCUT2D eigenvalue weighted by Gasteiger charge is -2.20. The van der Waals surface area contributed by atoms with Crippen LogP contribution in [-0.4, -0.2) is 43.0 Å². The molecule has 2 fully saturated rings. The van der Waals surface area contributed by atoms with E-state index in [1.807, 2.05) is 17.0 Å². The summed E-state index contributed by atoms with van der Waals surface area (Å²) in [5.41, 5.74) is 1.69. The molecule has 1 atom stereocenters. The smallest absolute Gasteiger partial charge is 0.337 e. The van der Waals surface area contributed by atoms with Crippen LogP contribution in [-0.2, 0) is 16.1 Å². The molecule has 1 amide bonds. The predicted octanol–water partition coefficient (Wildman–Crippen LogP) is 2.35. The number of nitrogens with one attached hydrogen (secondary N) is 1. The van der Waals surface area contributed by atoms with Crippen molar-refractivity contribution in [2.24, 2.45) is 5.92 Å². The summed E-state index contributed by atoms with van der Waals surface area (Å²) in [5, 5.41) is 3.53. The summed E-state index contributed by atoms with van der Waals surface area (Å²) in [6, 6.07) is 7.81. The van der Waals surface area contributed by atoms with Gasteiger partial charge >= 0.3 is 5.97 Å². The molecule has 1 aliphatic heterocycles. The Labute approximate surface area is 143 Å². The number of amides is 1. The number of carbonyl (C=O) groups is 2. The molecule has 1 aromatic rings. The van der Waals surface area contributed by atoms with Crippen LogP contribution >= 0.6 is 0 Å². The predicted molar refractivity (Wildman–Crippen MR) is 91.6 cm³/mol. The second kappa shape index (κ2) is 7.79. The minimum Gasteiger partial charge on any atom is -0.465 e. The fourth-order valence-electron chi connectivity index (χ4n) is 3.70. The standard InChI is InChI=1S/C19H26N2O3/c1-24-19(23)16-8-6-14(7-9-16)12-20-17-10-11-21(13-17)18(22)15-4-2-3-5-15/h6-9,15,17,20H,2-5,10-13H2,1H3. The SMILES string of the molecule is COC(=O)c1ccc(CNC2CCN(C(=O)C3CCCC3)C2)cc1. The highest BCUT2D eigenvalue weighted by Gasteiger charge is 2.31. The van der Waals surface area contributed by atoms with Gasteiger partial charge in [0, 0.05) is 31.6 Å². The molecule has 5 heteroatoms. The number of likely N-dealkylation sites (tertiary alicyclic amines) is 1. The minimum absolute atomic E-state index is 0.273. The summed E-state index contributed by atoms with van der Waals surface area (Å²) in [5.74, 6) is 0.320. The Morgan fingerprint density at radius 1 is 1.17 bits per heavy atom. The summed E-state index contributed by atoms with van der Waals surface area (Å²) < 4.78 is 4.70. The Hall–Kier alpha value is -1.88. The number of rotatable bonds is 5. The average Bonchev–Trinajstić information content (AvgIpc) is 3.31. The maximum Gasteiger partial charge on any atom is 0.337 e. The first kappa shape index (κ1) is 17.0. The Balaban J connectivity index is 1.45. The summed E-state index contributed by atoms with van der Waals surface area (Å²) in [6.45, 7) is 2.43. The van der Waals surface area contributed by atoms with Gasteiger partial charge in [0.05, 0.1) is 12.7 Å². The Morgan fingerprint density at radius 3 is 2.54 bits per heavy atom. The van der Waals surface area contributed by atoms with E-state index in [1.54, 1.807) is 12.1 Å². The molecule has 0 radical (unpaired) electrons. The third-order valence-corrected chi connectivity index (χ3v) is 5.17. The molecule has 24 heavy (non-hydrogen) atoms. The highest BCUT2D eigenvalue weighted by Crippen LogP contribution is 2.27. The number of esters is 1. The average molecular weight is 330 g/mol. The summed E-state index contributed by atoms with van der Waals surface area (Å²) >= 11 is 0. The van der Waals surface area contributed by atoms with E-state index in [9.17, 15) is 9.59 Å². The topological polar surface area (TPSA) is 58.6 Å². The monoisotopic (exact) mass is 330 g/mol. The van der Waals surface area contributed by atoms with Crippen LogP contribution in [0.4, 0.5) is 0 Å².